The largest absolute Gasteiger partial charge is 0.388 e. The van der Waals surface area contributed by atoms with Crippen LogP contribution in [0.3, 0.4) is 0 Å². The molecule has 0 aliphatic carbocycles. The fourth-order valence-corrected chi connectivity index (χ4v) is 2.76. The Hall–Kier alpha value is -3.31. The van der Waals surface area contributed by atoms with E-state index in [2.05, 4.69) is 20.8 Å². The van der Waals surface area contributed by atoms with E-state index in [4.69, 9.17) is 17.3 Å². The maximum atomic E-state index is 6.22. The predicted molar refractivity (Wildman–Crippen MR) is 114 cm³/mol. The normalized spacial score (nSPS) is 11.9. The average molecular weight is 378 g/mol. The van der Waals surface area contributed by atoms with E-state index >= 15 is 0 Å². The Morgan fingerprint density at radius 3 is 2.26 bits per heavy atom. The Morgan fingerprint density at radius 2 is 1.59 bits per heavy atom. The van der Waals surface area contributed by atoms with Crippen molar-refractivity contribution >= 4 is 34.6 Å². The smallest absolute Gasteiger partial charge is 0.214 e. The van der Waals surface area contributed by atoms with Crippen molar-refractivity contribution in [3.8, 4) is 0 Å². The SMILES string of the molecule is CNc1ccc(Cl)cc1/C(=N/NC(N)=Nc1ccccc1)c1ccccc1. The lowest BCUT2D eigenvalue weighted by Crippen LogP contribution is -2.28. The quantitative estimate of drug-likeness (QED) is 0.351. The van der Waals surface area contributed by atoms with Crippen LogP contribution in [0.5, 0.6) is 0 Å². The Bertz CT molecular complexity index is 953. The van der Waals surface area contributed by atoms with Crippen LogP contribution in [0, 0.1) is 0 Å². The number of nitrogens with two attached hydrogens (primary N) is 1. The van der Waals surface area contributed by atoms with E-state index in [9.17, 15) is 0 Å². The summed E-state index contributed by atoms with van der Waals surface area (Å²) in [5.74, 6) is 0.197. The molecule has 0 atom stereocenters. The summed E-state index contributed by atoms with van der Waals surface area (Å²) in [5.41, 5.74) is 13.0. The highest BCUT2D eigenvalue weighted by atomic mass is 35.5. The van der Waals surface area contributed by atoms with Crippen LogP contribution in [0.15, 0.2) is 89.0 Å². The molecule has 0 aliphatic heterocycles. The third kappa shape index (κ3) is 4.86. The highest BCUT2D eigenvalue weighted by Crippen LogP contribution is 2.24. The molecule has 3 aromatic rings. The number of hydrazone groups is 1. The number of anilines is 1. The minimum Gasteiger partial charge on any atom is -0.388 e. The molecule has 0 radical (unpaired) electrons. The first-order valence-electron chi connectivity index (χ1n) is 8.43. The van der Waals surface area contributed by atoms with Crippen LogP contribution in [0.25, 0.3) is 0 Å². The second-order valence-electron chi connectivity index (χ2n) is 5.71. The van der Waals surface area contributed by atoms with Crippen molar-refractivity contribution in [2.45, 2.75) is 0 Å². The van der Waals surface area contributed by atoms with Crippen LogP contribution >= 0.6 is 11.6 Å². The van der Waals surface area contributed by atoms with Crippen LogP contribution in [0.4, 0.5) is 11.4 Å². The summed E-state index contributed by atoms with van der Waals surface area (Å²) in [6.07, 6.45) is 0. The van der Waals surface area contributed by atoms with Crippen LogP contribution < -0.4 is 16.5 Å². The molecule has 0 saturated carbocycles. The molecule has 4 N–H and O–H groups in total. The number of halogens is 1. The van der Waals surface area contributed by atoms with Gasteiger partial charge in [-0.25, -0.2) is 10.4 Å². The van der Waals surface area contributed by atoms with Gasteiger partial charge in [-0.05, 0) is 30.3 Å². The molecule has 5 nitrogen and oxygen atoms in total. The van der Waals surface area contributed by atoms with E-state index in [0.29, 0.717) is 10.7 Å². The summed E-state index contributed by atoms with van der Waals surface area (Å²) in [5, 5.41) is 8.32. The molecule has 0 aromatic heterocycles. The van der Waals surface area contributed by atoms with Gasteiger partial charge in [0.1, 0.15) is 0 Å². The first-order chi connectivity index (χ1) is 13.2. The molecule has 27 heavy (non-hydrogen) atoms. The van der Waals surface area contributed by atoms with Crippen LogP contribution in [0.1, 0.15) is 11.1 Å². The molecule has 0 saturated heterocycles. The van der Waals surface area contributed by atoms with E-state index in [1.807, 2.05) is 85.9 Å². The number of para-hydroxylation sites is 1. The zero-order valence-corrected chi connectivity index (χ0v) is 15.6. The van der Waals surface area contributed by atoms with E-state index in [1.54, 1.807) is 0 Å². The van der Waals surface area contributed by atoms with Gasteiger partial charge in [0.2, 0.25) is 5.96 Å². The molecule has 0 unspecified atom stereocenters. The maximum Gasteiger partial charge on any atom is 0.214 e. The predicted octanol–water partition coefficient (Wildman–Crippen LogP) is 4.37. The lowest BCUT2D eigenvalue weighted by Gasteiger charge is -2.13. The molecular weight excluding hydrogens is 358 g/mol. The van der Waals surface area contributed by atoms with Gasteiger partial charge in [-0.2, -0.15) is 5.10 Å². The topological polar surface area (TPSA) is 74.8 Å². The van der Waals surface area contributed by atoms with Crippen molar-refractivity contribution in [3.63, 3.8) is 0 Å². The van der Waals surface area contributed by atoms with Gasteiger partial charge in [0.25, 0.3) is 0 Å². The maximum absolute atomic E-state index is 6.22. The van der Waals surface area contributed by atoms with E-state index < -0.39 is 0 Å². The fraction of sp³-hybridized carbons (Fsp3) is 0.0476. The Labute approximate surface area is 163 Å². The number of nitrogens with zero attached hydrogens (tertiary/aromatic N) is 2. The van der Waals surface area contributed by atoms with E-state index in [1.165, 1.54) is 0 Å². The second kappa shape index (κ2) is 8.87. The van der Waals surface area contributed by atoms with Gasteiger partial charge >= 0.3 is 0 Å². The molecule has 6 heteroatoms. The summed E-state index contributed by atoms with van der Waals surface area (Å²) < 4.78 is 0. The van der Waals surface area contributed by atoms with E-state index in [-0.39, 0.29) is 5.96 Å². The standard InChI is InChI=1S/C21H20ClN5/c1-24-19-13-12-16(22)14-18(19)20(15-8-4-2-5-9-15)26-27-21(23)25-17-10-6-3-7-11-17/h2-14,24H,1H3,(H3,23,25,27)/b26-20+. The zero-order valence-electron chi connectivity index (χ0n) is 14.9. The zero-order chi connectivity index (χ0) is 19.1. The van der Waals surface area contributed by atoms with E-state index in [0.717, 1.165) is 22.5 Å². The molecule has 0 spiro atoms. The summed E-state index contributed by atoms with van der Waals surface area (Å²) in [6.45, 7) is 0. The number of benzene rings is 3. The van der Waals surface area contributed by atoms with Crippen LogP contribution in [-0.4, -0.2) is 18.7 Å². The van der Waals surface area contributed by atoms with Crippen LogP contribution in [-0.2, 0) is 0 Å². The third-order valence-corrected chi connectivity index (χ3v) is 4.08. The molecule has 0 heterocycles. The lowest BCUT2D eigenvalue weighted by atomic mass is 10.0. The van der Waals surface area contributed by atoms with Crippen molar-refractivity contribution in [2.24, 2.45) is 15.8 Å². The van der Waals surface area contributed by atoms with Crippen LogP contribution in [0.2, 0.25) is 5.02 Å². The van der Waals surface area contributed by atoms with Gasteiger partial charge in [-0.1, -0.05) is 60.1 Å². The Balaban J connectivity index is 2.00. The second-order valence-corrected chi connectivity index (χ2v) is 6.15. The first kappa shape index (κ1) is 18.5. The highest BCUT2D eigenvalue weighted by Gasteiger charge is 2.12. The van der Waals surface area contributed by atoms with Gasteiger partial charge in [0.15, 0.2) is 0 Å². The number of hydrogen-bond acceptors (Lipinski definition) is 3. The van der Waals surface area contributed by atoms with Crippen molar-refractivity contribution in [1.82, 2.24) is 5.43 Å². The molecule has 0 bridgehead atoms. The minimum absolute atomic E-state index is 0.197. The molecule has 0 fully saturated rings. The van der Waals surface area contributed by atoms with Crippen molar-refractivity contribution in [1.29, 1.82) is 0 Å². The van der Waals surface area contributed by atoms with Gasteiger partial charge in [-0.15, -0.1) is 0 Å². The minimum atomic E-state index is 0.197. The van der Waals surface area contributed by atoms with Gasteiger partial charge < -0.3 is 11.1 Å². The summed E-state index contributed by atoms with van der Waals surface area (Å²) >= 11 is 6.22. The summed E-state index contributed by atoms with van der Waals surface area (Å²) in [6, 6.07) is 24.9. The molecule has 3 aromatic carbocycles. The summed E-state index contributed by atoms with van der Waals surface area (Å²) in [7, 11) is 1.86. The summed E-state index contributed by atoms with van der Waals surface area (Å²) in [4.78, 5) is 4.31. The number of guanidine groups is 1. The number of nitrogens with one attached hydrogen (secondary N) is 2. The van der Waals surface area contributed by atoms with Gasteiger partial charge in [0, 0.05) is 28.9 Å². The third-order valence-electron chi connectivity index (χ3n) is 3.84. The lowest BCUT2D eigenvalue weighted by molar-refractivity contribution is 1.01. The number of rotatable bonds is 5. The molecule has 0 aliphatic rings. The molecule has 0 amide bonds. The number of hydrogen-bond donors (Lipinski definition) is 3. The average Bonchev–Trinajstić information content (AvgIpc) is 2.70. The monoisotopic (exact) mass is 377 g/mol. The Kier molecular flexibility index (Phi) is 6.07. The van der Waals surface area contributed by atoms with Crippen molar-refractivity contribution in [2.75, 3.05) is 12.4 Å². The molecular formula is C21H20ClN5. The Morgan fingerprint density at radius 1 is 0.926 bits per heavy atom. The number of aliphatic imine (C=N–C) groups is 1. The fourth-order valence-electron chi connectivity index (χ4n) is 2.59. The van der Waals surface area contributed by atoms with Crippen molar-refractivity contribution < 1.29 is 0 Å². The highest BCUT2D eigenvalue weighted by molar-refractivity contribution is 6.31. The van der Waals surface area contributed by atoms with Crippen molar-refractivity contribution in [3.05, 3.63) is 95.0 Å². The first-order valence-corrected chi connectivity index (χ1v) is 8.81. The molecule has 3 rings (SSSR count). The molecule has 136 valence electrons. The van der Waals surface area contributed by atoms with Gasteiger partial charge in [-0.3, -0.25) is 0 Å². The van der Waals surface area contributed by atoms with Gasteiger partial charge in [0.05, 0.1) is 11.4 Å².